The predicted molar refractivity (Wildman–Crippen MR) is 92.5 cm³/mol. The molecule has 0 aliphatic carbocycles. The number of hydrogen-bond donors (Lipinski definition) is 0. The molecule has 2 aromatic heterocycles. The van der Waals surface area contributed by atoms with E-state index in [0.717, 1.165) is 53.3 Å². The van der Waals surface area contributed by atoms with E-state index in [4.69, 9.17) is 0 Å². The van der Waals surface area contributed by atoms with Crippen molar-refractivity contribution in [3.8, 4) is 11.1 Å². The van der Waals surface area contributed by atoms with Gasteiger partial charge in [-0.3, -0.25) is 0 Å². The Morgan fingerprint density at radius 3 is 2.52 bits per heavy atom. The first-order chi connectivity index (χ1) is 11.2. The standard InChI is InChI=1S/C17H17FN4S/c1-21-6-8-22(9-7-21)16-15-14(10-23-17(15)20-11-19-16)12-2-4-13(18)5-3-12/h2-5,10-11H,6-9H2,1H3. The molecule has 4 rings (SSSR count). The quantitative estimate of drug-likeness (QED) is 0.723. The Balaban J connectivity index is 1.82. The normalized spacial score (nSPS) is 16.2. The Morgan fingerprint density at radius 2 is 1.78 bits per heavy atom. The lowest BCUT2D eigenvalue weighted by molar-refractivity contribution is 0.312. The number of aromatic nitrogens is 2. The highest BCUT2D eigenvalue weighted by Crippen LogP contribution is 2.38. The Labute approximate surface area is 138 Å². The summed E-state index contributed by atoms with van der Waals surface area (Å²) in [6, 6.07) is 6.63. The van der Waals surface area contributed by atoms with Gasteiger partial charge < -0.3 is 9.80 Å². The maximum atomic E-state index is 13.2. The number of halogens is 1. The van der Waals surface area contributed by atoms with Gasteiger partial charge in [0.25, 0.3) is 0 Å². The Hall–Kier alpha value is -2.05. The lowest BCUT2D eigenvalue weighted by Gasteiger charge is -2.33. The Bertz CT molecular complexity index is 822. The van der Waals surface area contributed by atoms with Crippen molar-refractivity contribution in [2.24, 2.45) is 0 Å². The number of likely N-dealkylation sites (N-methyl/N-ethyl adjacent to an activating group) is 1. The number of hydrogen-bond acceptors (Lipinski definition) is 5. The second-order valence-corrected chi connectivity index (χ2v) is 6.68. The molecular weight excluding hydrogens is 311 g/mol. The highest BCUT2D eigenvalue weighted by molar-refractivity contribution is 7.17. The van der Waals surface area contributed by atoms with Crippen molar-refractivity contribution >= 4 is 27.4 Å². The van der Waals surface area contributed by atoms with E-state index < -0.39 is 0 Å². The molecule has 0 unspecified atom stereocenters. The summed E-state index contributed by atoms with van der Waals surface area (Å²) in [6.45, 7) is 3.98. The van der Waals surface area contributed by atoms with Gasteiger partial charge in [-0.2, -0.15) is 0 Å². The van der Waals surface area contributed by atoms with Crippen molar-refractivity contribution in [1.82, 2.24) is 14.9 Å². The van der Waals surface area contributed by atoms with Crippen LogP contribution in [-0.4, -0.2) is 48.1 Å². The van der Waals surface area contributed by atoms with Gasteiger partial charge in [0.05, 0.1) is 5.39 Å². The third-order valence-corrected chi connectivity index (χ3v) is 5.19. The van der Waals surface area contributed by atoms with Gasteiger partial charge in [0.1, 0.15) is 22.8 Å². The first kappa shape index (κ1) is 14.5. The van der Waals surface area contributed by atoms with Crippen LogP contribution in [0.1, 0.15) is 0 Å². The zero-order chi connectivity index (χ0) is 15.8. The fourth-order valence-corrected chi connectivity index (χ4v) is 3.87. The zero-order valence-electron chi connectivity index (χ0n) is 12.9. The van der Waals surface area contributed by atoms with Gasteiger partial charge in [0.2, 0.25) is 0 Å². The molecule has 0 bridgehead atoms. The minimum Gasteiger partial charge on any atom is -0.353 e. The average Bonchev–Trinajstić information content (AvgIpc) is 3.00. The predicted octanol–water partition coefficient (Wildman–Crippen LogP) is 3.25. The van der Waals surface area contributed by atoms with Crippen LogP contribution in [-0.2, 0) is 0 Å². The zero-order valence-corrected chi connectivity index (χ0v) is 13.7. The molecule has 0 radical (unpaired) electrons. The Morgan fingerprint density at radius 1 is 1.04 bits per heavy atom. The van der Waals surface area contributed by atoms with E-state index in [0.29, 0.717) is 0 Å². The summed E-state index contributed by atoms with van der Waals surface area (Å²) < 4.78 is 13.2. The first-order valence-electron chi connectivity index (χ1n) is 7.64. The molecule has 1 aliphatic heterocycles. The molecule has 0 N–H and O–H groups in total. The molecule has 1 fully saturated rings. The van der Waals surface area contributed by atoms with Crippen LogP contribution in [0.15, 0.2) is 36.0 Å². The molecular formula is C17H17FN4S. The molecule has 4 nitrogen and oxygen atoms in total. The molecule has 1 aliphatic rings. The number of fused-ring (bicyclic) bond motifs is 1. The van der Waals surface area contributed by atoms with Crippen molar-refractivity contribution in [2.45, 2.75) is 0 Å². The van der Waals surface area contributed by atoms with Crippen LogP contribution in [0.2, 0.25) is 0 Å². The monoisotopic (exact) mass is 328 g/mol. The molecule has 0 amide bonds. The van der Waals surface area contributed by atoms with E-state index in [1.165, 1.54) is 12.1 Å². The van der Waals surface area contributed by atoms with Crippen LogP contribution < -0.4 is 4.90 Å². The van der Waals surface area contributed by atoms with E-state index in [9.17, 15) is 4.39 Å². The molecule has 118 valence electrons. The van der Waals surface area contributed by atoms with Crippen LogP contribution >= 0.6 is 11.3 Å². The van der Waals surface area contributed by atoms with Crippen molar-refractivity contribution < 1.29 is 4.39 Å². The smallest absolute Gasteiger partial charge is 0.141 e. The van der Waals surface area contributed by atoms with Crippen LogP contribution in [0.4, 0.5) is 10.2 Å². The van der Waals surface area contributed by atoms with Crippen molar-refractivity contribution in [3.05, 3.63) is 41.8 Å². The van der Waals surface area contributed by atoms with Crippen molar-refractivity contribution in [2.75, 3.05) is 38.1 Å². The SMILES string of the molecule is CN1CCN(c2ncnc3scc(-c4ccc(F)cc4)c23)CC1. The summed E-state index contributed by atoms with van der Waals surface area (Å²) in [7, 11) is 2.14. The highest BCUT2D eigenvalue weighted by Gasteiger charge is 2.20. The largest absolute Gasteiger partial charge is 0.353 e. The van der Waals surface area contributed by atoms with Crippen molar-refractivity contribution in [1.29, 1.82) is 0 Å². The van der Waals surface area contributed by atoms with Gasteiger partial charge in [-0.05, 0) is 24.7 Å². The fourth-order valence-electron chi connectivity index (χ4n) is 2.96. The second kappa shape index (κ2) is 5.86. The topological polar surface area (TPSA) is 32.3 Å². The molecule has 3 heterocycles. The van der Waals surface area contributed by atoms with Gasteiger partial charge in [-0.15, -0.1) is 11.3 Å². The van der Waals surface area contributed by atoms with Crippen LogP contribution in [0, 0.1) is 5.82 Å². The number of rotatable bonds is 2. The van der Waals surface area contributed by atoms with Crippen LogP contribution in [0.5, 0.6) is 0 Å². The number of nitrogens with zero attached hydrogens (tertiary/aromatic N) is 4. The molecule has 6 heteroatoms. The summed E-state index contributed by atoms with van der Waals surface area (Å²) in [5.41, 5.74) is 2.09. The van der Waals surface area contributed by atoms with Crippen LogP contribution in [0.25, 0.3) is 21.3 Å². The second-order valence-electron chi connectivity index (χ2n) is 5.82. The Kier molecular flexibility index (Phi) is 3.71. The molecule has 0 saturated carbocycles. The molecule has 1 saturated heterocycles. The van der Waals surface area contributed by atoms with Gasteiger partial charge in [0.15, 0.2) is 0 Å². The molecule has 3 aromatic rings. The summed E-state index contributed by atoms with van der Waals surface area (Å²) >= 11 is 1.61. The highest BCUT2D eigenvalue weighted by atomic mass is 32.1. The summed E-state index contributed by atoms with van der Waals surface area (Å²) in [5, 5.41) is 3.17. The van der Waals surface area contributed by atoms with E-state index in [1.807, 2.05) is 12.1 Å². The van der Waals surface area contributed by atoms with Gasteiger partial charge in [-0.25, -0.2) is 14.4 Å². The minimum atomic E-state index is -0.219. The maximum absolute atomic E-state index is 13.2. The van der Waals surface area contributed by atoms with Crippen molar-refractivity contribution in [3.63, 3.8) is 0 Å². The molecule has 23 heavy (non-hydrogen) atoms. The summed E-state index contributed by atoms with van der Waals surface area (Å²) in [4.78, 5) is 14.6. The third-order valence-electron chi connectivity index (χ3n) is 4.31. The lowest BCUT2D eigenvalue weighted by Crippen LogP contribution is -2.44. The van der Waals surface area contributed by atoms with Gasteiger partial charge >= 0.3 is 0 Å². The number of piperazine rings is 1. The summed E-state index contributed by atoms with van der Waals surface area (Å²) in [5.74, 6) is 0.771. The fraction of sp³-hybridized carbons (Fsp3) is 0.294. The average molecular weight is 328 g/mol. The first-order valence-corrected chi connectivity index (χ1v) is 8.52. The number of thiophene rings is 1. The molecule has 0 atom stereocenters. The molecule has 0 spiro atoms. The lowest BCUT2D eigenvalue weighted by atomic mass is 10.1. The van der Waals surface area contributed by atoms with E-state index in [2.05, 4.69) is 32.2 Å². The molecule has 1 aromatic carbocycles. The van der Waals surface area contributed by atoms with Gasteiger partial charge in [0, 0.05) is 37.1 Å². The number of anilines is 1. The van der Waals surface area contributed by atoms with E-state index in [-0.39, 0.29) is 5.82 Å². The minimum absolute atomic E-state index is 0.219. The number of benzene rings is 1. The van der Waals surface area contributed by atoms with Crippen LogP contribution in [0.3, 0.4) is 0 Å². The summed E-state index contributed by atoms with van der Waals surface area (Å²) in [6.07, 6.45) is 1.64. The van der Waals surface area contributed by atoms with Gasteiger partial charge in [-0.1, -0.05) is 12.1 Å². The van der Waals surface area contributed by atoms with E-state index >= 15 is 0 Å². The maximum Gasteiger partial charge on any atom is 0.141 e. The third kappa shape index (κ3) is 2.68. The van der Waals surface area contributed by atoms with E-state index in [1.54, 1.807) is 17.7 Å².